The van der Waals surface area contributed by atoms with Gasteiger partial charge in [0.25, 0.3) is 5.91 Å². The van der Waals surface area contributed by atoms with Gasteiger partial charge < -0.3 is 10.1 Å². The van der Waals surface area contributed by atoms with Gasteiger partial charge in [-0.05, 0) is 69.1 Å². The fraction of sp³-hybridized carbons (Fsp3) is 0.273. The lowest BCUT2D eigenvalue weighted by Crippen LogP contribution is -2.12. The zero-order valence-corrected chi connectivity index (χ0v) is 19.1. The predicted octanol–water partition coefficient (Wildman–Crippen LogP) is 4.44. The van der Waals surface area contributed by atoms with E-state index in [9.17, 15) is 4.79 Å². The van der Waals surface area contributed by atoms with Crippen LogP contribution < -0.4 is 10.1 Å². The predicted molar refractivity (Wildman–Crippen MR) is 122 cm³/mol. The van der Waals surface area contributed by atoms with Crippen LogP contribution in [0.2, 0.25) is 0 Å². The molecule has 32 heavy (non-hydrogen) atoms. The van der Waals surface area contributed by atoms with Gasteiger partial charge in [0, 0.05) is 17.4 Å². The third kappa shape index (κ3) is 4.80. The molecule has 1 N–H and O–H groups in total. The molecule has 0 aliphatic rings. The van der Waals surface area contributed by atoms with E-state index < -0.39 is 0 Å². The largest absolute Gasteiger partial charge is 0.439 e. The minimum atomic E-state index is -0.210. The third-order valence-corrected chi connectivity index (χ3v) is 5.38. The number of aryl methyl sites for hydroxylation is 4. The minimum absolute atomic E-state index is 0.210. The molecule has 0 unspecified atom stereocenters. The van der Waals surface area contributed by atoms with Gasteiger partial charge in [-0.2, -0.15) is 10.1 Å². The van der Waals surface area contributed by atoms with Crippen molar-refractivity contribution in [2.24, 2.45) is 0 Å². The van der Waals surface area contributed by atoms with Gasteiger partial charge >= 0.3 is 0 Å². The highest BCUT2D eigenvalue weighted by atomic mass is 32.1. The topological polar surface area (TPSA) is 108 Å². The molecule has 3 heterocycles. The summed E-state index contributed by atoms with van der Waals surface area (Å²) in [6.45, 7) is 7.75. The fourth-order valence-corrected chi connectivity index (χ4v) is 3.85. The number of hydrogen-bond acceptors (Lipinski definition) is 8. The summed E-state index contributed by atoms with van der Waals surface area (Å²) in [6.07, 6.45) is 1.63. The van der Waals surface area contributed by atoms with E-state index in [1.165, 1.54) is 0 Å². The smallest absolute Gasteiger partial charge is 0.269 e. The molecule has 3 aromatic heterocycles. The van der Waals surface area contributed by atoms with Gasteiger partial charge in [0.2, 0.25) is 5.88 Å². The van der Waals surface area contributed by atoms with Gasteiger partial charge in [0.05, 0.1) is 11.4 Å². The third-order valence-electron chi connectivity index (χ3n) is 4.61. The second kappa shape index (κ2) is 9.23. The summed E-state index contributed by atoms with van der Waals surface area (Å²) in [5.74, 6) is 2.01. The van der Waals surface area contributed by atoms with E-state index >= 15 is 0 Å². The van der Waals surface area contributed by atoms with Crippen molar-refractivity contribution in [1.29, 1.82) is 0 Å². The number of hydrogen-bond donors (Lipinski definition) is 1. The van der Waals surface area contributed by atoms with Crippen molar-refractivity contribution in [1.82, 2.24) is 29.3 Å². The molecule has 0 aliphatic heterocycles. The summed E-state index contributed by atoms with van der Waals surface area (Å²) in [7, 11) is 0. The van der Waals surface area contributed by atoms with E-state index in [2.05, 4.69) is 30.0 Å². The molecular weight excluding hydrogens is 426 g/mol. The number of benzene rings is 1. The Morgan fingerprint density at radius 1 is 1.12 bits per heavy atom. The van der Waals surface area contributed by atoms with E-state index in [4.69, 9.17) is 4.74 Å². The number of ether oxygens (including phenoxy) is 1. The van der Waals surface area contributed by atoms with Crippen LogP contribution >= 0.6 is 11.5 Å². The molecular formula is C22H23N7O2S. The van der Waals surface area contributed by atoms with E-state index in [0.717, 1.165) is 41.5 Å². The normalized spacial score (nSPS) is 10.9. The number of nitrogens with one attached hydrogen (secondary N) is 1. The minimum Gasteiger partial charge on any atom is -0.439 e. The molecule has 0 aliphatic carbocycles. The molecule has 4 aromatic rings. The summed E-state index contributed by atoms with van der Waals surface area (Å²) < 4.78 is 11.6. The molecule has 0 spiro atoms. The van der Waals surface area contributed by atoms with Crippen LogP contribution in [0.15, 0.2) is 36.4 Å². The maximum absolute atomic E-state index is 12.5. The van der Waals surface area contributed by atoms with Crippen molar-refractivity contribution >= 4 is 23.1 Å². The molecule has 1 aromatic carbocycles. The molecule has 9 nitrogen and oxygen atoms in total. The number of carbonyl (C=O) groups excluding carboxylic acids is 1. The highest BCUT2D eigenvalue weighted by molar-refractivity contribution is 7.08. The Balaban J connectivity index is 1.48. The van der Waals surface area contributed by atoms with Crippen molar-refractivity contribution in [3.05, 3.63) is 64.2 Å². The van der Waals surface area contributed by atoms with E-state index in [1.807, 2.05) is 33.8 Å². The number of aromatic nitrogens is 6. The van der Waals surface area contributed by atoms with E-state index in [1.54, 1.807) is 35.0 Å². The van der Waals surface area contributed by atoms with Crippen LogP contribution in [0.1, 0.15) is 45.9 Å². The van der Waals surface area contributed by atoms with Gasteiger partial charge in [-0.15, -0.1) is 5.10 Å². The zero-order chi connectivity index (χ0) is 22.7. The monoisotopic (exact) mass is 449 g/mol. The van der Waals surface area contributed by atoms with Crippen LogP contribution in [0.3, 0.4) is 0 Å². The Labute approximate surface area is 189 Å². The van der Waals surface area contributed by atoms with Crippen molar-refractivity contribution in [3.63, 3.8) is 0 Å². The Morgan fingerprint density at radius 2 is 1.91 bits per heavy atom. The highest BCUT2D eigenvalue weighted by Crippen LogP contribution is 2.24. The van der Waals surface area contributed by atoms with Crippen molar-refractivity contribution < 1.29 is 9.53 Å². The Kier molecular flexibility index (Phi) is 6.22. The van der Waals surface area contributed by atoms with Gasteiger partial charge in [-0.1, -0.05) is 17.8 Å². The Morgan fingerprint density at radius 3 is 2.59 bits per heavy atom. The van der Waals surface area contributed by atoms with E-state index in [-0.39, 0.29) is 5.91 Å². The summed E-state index contributed by atoms with van der Waals surface area (Å²) in [4.78, 5) is 21.9. The lowest BCUT2D eigenvalue weighted by atomic mass is 10.2. The maximum atomic E-state index is 12.5. The number of amides is 1. The number of nitrogens with zero attached hydrogens (tertiary/aromatic N) is 6. The van der Waals surface area contributed by atoms with Crippen LogP contribution in [0.5, 0.6) is 11.6 Å². The van der Waals surface area contributed by atoms with Gasteiger partial charge in [-0.25, -0.2) is 9.67 Å². The fourth-order valence-electron chi connectivity index (χ4n) is 3.24. The first-order valence-corrected chi connectivity index (χ1v) is 11.0. The molecule has 0 saturated carbocycles. The SMILES string of the molecule is CCCc1nnsc1C(=O)Nc1ccc(Oc2cc(-n3nc(C)cc3C)nc(C)n2)cc1. The molecule has 10 heteroatoms. The van der Waals surface area contributed by atoms with Crippen LogP contribution in [0.25, 0.3) is 5.82 Å². The molecule has 0 radical (unpaired) electrons. The van der Waals surface area contributed by atoms with Crippen LogP contribution in [0, 0.1) is 20.8 Å². The first-order valence-electron chi connectivity index (χ1n) is 10.2. The molecule has 0 fully saturated rings. The first-order chi connectivity index (χ1) is 15.4. The average Bonchev–Trinajstić information content (AvgIpc) is 3.35. The summed E-state index contributed by atoms with van der Waals surface area (Å²) in [6, 6.07) is 10.8. The van der Waals surface area contributed by atoms with Gasteiger partial charge in [0.1, 0.15) is 16.5 Å². The standard InChI is InChI=1S/C22H23N7O2S/c1-5-6-18-21(32-28-26-18)22(30)25-16-7-9-17(10-8-16)31-20-12-19(23-15(4)24-20)29-14(3)11-13(2)27-29/h7-12H,5-6H2,1-4H3,(H,25,30). The summed E-state index contributed by atoms with van der Waals surface area (Å²) in [5.41, 5.74) is 3.27. The number of anilines is 1. The van der Waals surface area contributed by atoms with Crippen molar-refractivity contribution in [3.8, 4) is 17.4 Å². The molecule has 0 saturated heterocycles. The van der Waals surface area contributed by atoms with Gasteiger partial charge in [0.15, 0.2) is 5.82 Å². The van der Waals surface area contributed by atoms with Gasteiger partial charge in [-0.3, -0.25) is 4.79 Å². The number of rotatable bonds is 7. The summed E-state index contributed by atoms with van der Waals surface area (Å²) >= 11 is 1.11. The molecule has 4 rings (SSSR count). The highest BCUT2D eigenvalue weighted by Gasteiger charge is 2.16. The van der Waals surface area contributed by atoms with Crippen LogP contribution in [-0.2, 0) is 6.42 Å². The first kappa shape index (κ1) is 21.6. The van der Waals surface area contributed by atoms with E-state index in [0.29, 0.717) is 33.8 Å². The number of carbonyl (C=O) groups is 1. The maximum Gasteiger partial charge on any atom is 0.269 e. The van der Waals surface area contributed by atoms with Crippen LogP contribution in [-0.4, -0.2) is 35.2 Å². The Bertz CT molecular complexity index is 1250. The summed E-state index contributed by atoms with van der Waals surface area (Å²) in [5, 5.41) is 11.4. The molecule has 1 amide bonds. The Hall–Kier alpha value is -3.66. The quantitative estimate of drug-likeness (QED) is 0.444. The second-order valence-corrected chi connectivity index (χ2v) is 8.08. The molecule has 164 valence electrons. The van der Waals surface area contributed by atoms with Crippen molar-refractivity contribution in [2.45, 2.75) is 40.5 Å². The lowest BCUT2D eigenvalue weighted by Gasteiger charge is -2.10. The average molecular weight is 450 g/mol. The molecule has 0 bridgehead atoms. The van der Waals surface area contributed by atoms with Crippen LogP contribution in [0.4, 0.5) is 5.69 Å². The zero-order valence-electron chi connectivity index (χ0n) is 18.3. The second-order valence-electron chi connectivity index (χ2n) is 7.33. The molecule has 0 atom stereocenters. The lowest BCUT2D eigenvalue weighted by molar-refractivity contribution is 0.102. The van der Waals surface area contributed by atoms with Crippen molar-refractivity contribution in [2.75, 3.05) is 5.32 Å².